The lowest BCUT2D eigenvalue weighted by Crippen LogP contribution is -2.22. The van der Waals surface area contributed by atoms with Crippen LogP contribution in [0.25, 0.3) is 17.2 Å². The number of Topliss-reactive ketones (excluding diaryl/α,β-unsaturated/α-hetero) is 1. The minimum atomic E-state index is -0.0351. The molecule has 2 nitrogen and oxygen atoms in total. The summed E-state index contributed by atoms with van der Waals surface area (Å²) in [5.74, 6) is 0.983. The zero-order valence-electron chi connectivity index (χ0n) is 26.7. The number of ether oxygens (including phenoxy) is 1. The van der Waals surface area contributed by atoms with Crippen LogP contribution in [0, 0.1) is 12.3 Å². The molecule has 0 saturated heterocycles. The summed E-state index contributed by atoms with van der Waals surface area (Å²) in [5.41, 5.74) is 9.76. The van der Waals surface area contributed by atoms with Crippen LogP contribution in [0.5, 0.6) is 5.75 Å². The van der Waals surface area contributed by atoms with Crippen molar-refractivity contribution in [3.63, 3.8) is 0 Å². The number of benzene rings is 3. The summed E-state index contributed by atoms with van der Waals surface area (Å²) < 4.78 is 6.16. The molecule has 224 valence electrons. The van der Waals surface area contributed by atoms with Crippen molar-refractivity contribution in [2.75, 3.05) is 6.61 Å². The number of allylic oxidation sites excluding steroid dienone is 5. The minimum Gasteiger partial charge on any atom is -0.494 e. The van der Waals surface area contributed by atoms with Crippen molar-refractivity contribution in [1.29, 1.82) is 0 Å². The van der Waals surface area contributed by atoms with Crippen LogP contribution >= 0.6 is 0 Å². The van der Waals surface area contributed by atoms with E-state index in [-0.39, 0.29) is 11.2 Å². The standard InChI is InChI=1S/C41H48O2/c1-30(2)34(7)23-25-41(8,26-24-40(42)31(3)4)27-28-43-39-21-19-38(20-22-39)37-17-15-35(16-18-37)12-11-33(6)29-36-13-9-32(5)10-14-36/h9-22H,1,3,6-7,23-29H2,2,4-5,8H3/b12-11+. The van der Waals surface area contributed by atoms with Crippen molar-refractivity contribution in [2.45, 2.75) is 66.2 Å². The first-order chi connectivity index (χ1) is 20.4. The van der Waals surface area contributed by atoms with Gasteiger partial charge in [-0.2, -0.15) is 0 Å². The topological polar surface area (TPSA) is 26.3 Å². The molecule has 3 aromatic carbocycles. The number of ketones is 1. The summed E-state index contributed by atoms with van der Waals surface area (Å²) >= 11 is 0. The van der Waals surface area contributed by atoms with Gasteiger partial charge in [-0.25, -0.2) is 0 Å². The molecule has 0 spiro atoms. The molecule has 2 heteroatoms. The lowest BCUT2D eigenvalue weighted by atomic mass is 9.76. The second-order valence-electron chi connectivity index (χ2n) is 12.3. The fourth-order valence-electron chi connectivity index (χ4n) is 4.86. The molecular weight excluding hydrogens is 524 g/mol. The largest absolute Gasteiger partial charge is 0.494 e. The second-order valence-corrected chi connectivity index (χ2v) is 12.3. The molecule has 1 atom stereocenters. The highest BCUT2D eigenvalue weighted by molar-refractivity contribution is 5.94. The van der Waals surface area contributed by atoms with Gasteiger partial charge in [-0.1, -0.05) is 128 Å². The third kappa shape index (κ3) is 11.2. The van der Waals surface area contributed by atoms with Crippen LogP contribution in [-0.2, 0) is 11.2 Å². The summed E-state index contributed by atoms with van der Waals surface area (Å²) in [6, 6.07) is 25.4. The molecule has 1 unspecified atom stereocenters. The van der Waals surface area contributed by atoms with E-state index >= 15 is 0 Å². The fraction of sp³-hybridized carbons (Fsp3) is 0.293. The number of carbonyl (C=O) groups excluding carboxylic acids is 1. The summed E-state index contributed by atoms with van der Waals surface area (Å²) in [6.07, 6.45) is 9.05. The maximum absolute atomic E-state index is 12.3. The molecule has 3 rings (SSSR count). The zero-order chi connectivity index (χ0) is 31.4. The Kier molecular flexibility index (Phi) is 12.3. The summed E-state index contributed by atoms with van der Waals surface area (Å²) in [4.78, 5) is 12.3. The van der Waals surface area contributed by atoms with E-state index in [0.29, 0.717) is 18.6 Å². The monoisotopic (exact) mass is 572 g/mol. The number of hydrogen-bond acceptors (Lipinski definition) is 2. The highest BCUT2D eigenvalue weighted by Crippen LogP contribution is 2.36. The van der Waals surface area contributed by atoms with Crippen LogP contribution in [0.3, 0.4) is 0 Å². The predicted octanol–water partition coefficient (Wildman–Crippen LogP) is 11.1. The van der Waals surface area contributed by atoms with Crippen molar-refractivity contribution in [2.24, 2.45) is 5.41 Å². The SMILES string of the molecule is C=C(/C=C/c1ccc(-c2ccc(OCCC(C)(CCC(=C)C(=C)C)CCC(=O)C(=C)C)cc2)cc1)Cc1ccc(C)cc1. The van der Waals surface area contributed by atoms with E-state index in [0.717, 1.165) is 71.3 Å². The molecule has 0 radical (unpaired) electrons. The quantitative estimate of drug-likeness (QED) is 0.119. The van der Waals surface area contributed by atoms with Crippen LogP contribution in [-0.4, -0.2) is 12.4 Å². The number of rotatable bonds is 17. The average Bonchev–Trinajstić information content (AvgIpc) is 2.99. The molecule has 0 N–H and O–H groups in total. The molecule has 43 heavy (non-hydrogen) atoms. The Balaban J connectivity index is 1.54. The van der Waals surface area contributed by atoms with Crippen LogP contribution in [0.4, 0.5) is 0 Å². The lowest BCUT2D eigenvalue weighted by molar-refractivity contribution is -0.116. The van der Waals surface area contributed by atoms with E-state index < -0.39 is 0 Å². The van der Waals surface area contributed by atoms with E-state index in [1.54, 1.807) is 6.92 Å². The fourth-order valence-corrected chi connectivity index (χ4v) is 4.86. The highest BCUT2D eigenvalue weighted by atomic mass is 16.5. The van der Waals surface area contributed by atoms with Crippen LogP contribution in [0.1, 0.15) is 69.6 Å². The van der Waals surface area contributed by atoms with Gasteiger partial charge in [-0.05, 0) is 98.2 Å². The molecule has 0 heterocycles. The van der Waals surface area contributed by atoms with E-state index in [4.69, 9.17) is 4.74 Å². The molecule has 0 aromatic heterocycles. The van der Waals surface area contributed by atoms with Gasteiger partial charge in [-0.15, -0.1) is 0 Å². The summed E-state index contributed by atoms with van der Waals surface area (Å²) in [6.45, 7) is 24.9. The molecule has 0 aliphatic heterocycles. The summed E-state index contributed by atoms with van der Waals surface area (Å²) in [7, 11) is 0. The molecule has 0 saturated carbocycles. The predicted molar refractivity (Wildman–Crippen MR) is 185 cm³/mol. The highest BCUT2D eigenvalue weighted by Gasteiger charge is 2.25. The van der Waals surface area contributed by atoms with Gasteiger partial charge in [0.25, 0.3) is 0 Å². The minimum absolute atomic E-state index is 0.0351. The van der Waals surface area contributed by atoms with E-state index in [1.165, 1.54) is 11.1 Å². The second kappa shape index (κ2) is 15.9. The van der Waals surface area contributed by atoms with Gasteiger partial charge in [0.2, 0.25) is 0 Å². The Morgan fingerprint density at radius 2 is 1.35 bits per heavy atom. The number of carbonyl (C=O) groups is 1. The molecule has 0 aliphatic carbocycles. The van der Waals surface area contributed by atoms with Gasteiger partial charge < -0.3 is 4.74 Å². The van der Waals surface area contributed by atoms with Crippen molar-refractivity contribution in [1.82, 2.24) is 0 Å². The maximum Gasteiger partial charge on any atom is 0.158 e. The average molecular weight is 573 g/mol. The third-order valence-electron chi connectivity index (χ3n) is 8.20. The van der Waals surface area contributed by atoms with E-state index in [1.807, 2.05) is 19.1 Å². The third-order valence-corrected chi connectivity index (χ3v) is 8.20. The first-order valence-corrected chi connectivity index (χ1v) is 15.2. The first-order valence-electron chi connectivity index (χ1n) is 15.2. The molecule has 0 fully saturated rings. The first kappa shape index (κ1) is 33.3. The van der Waals surface area contributed by atoms with Crippen LogP contribution < -0.4 is 4.74 Å². The smallest absolute Gasteiger partial charge is 0.158 e. The van der Waals surface area contributed by atoms with Crippen LogP contribution in [0.2, 0.25) is 0 Å². The normalized spacial score (nSPS) is 12.5. The zero-order valence-corrected chi connectivity index (χ0v) is 26.7. The maximum atomic E-state index is 12.3. The Hall–Kier alpha value is -4.17. The molecule has 0 amide bonds. The van der Waals surface area contributed by atoms with Crippen molar-refractivity contribution < 1.29 is 9.53 Å². The van der Waals surface area contributed by atoms with E-state index in [9.17, 15) is 4.79 Å². The number of aryl methyl sites for hydroxylation is 1. The van der Waals surface area contributed by atoms with Crippen LogP contribution in [0.15, 0.2) is 127 Å². The number of hydrogen-bond donors (Lipinski definition) is 0. The van der Waals surface area contributed by atoms with Crippen molar-refractivity contribution in [3.8, 4) is 16.9 Å². The lowest BCUT2D eigenvalue weighted by Gasteiger charge is -2.30. The Morgan fingerprint density at radius 1 is 0.767 bits per heavy atom. The molecule has 3 aromatic rings. The Morgan fingerprint density at radius 3 is 1.93 bits per heavy atom. The van der Waals surface area contributed by atoms with Gasteiger partial charge >= 0.3 is 0 Å². The molecular formula is C41H48O2. The Labute approximate surface area is 260 Å². The van der Waals surface area contributed by atoms with Gasteiger partial charge in [0.1, 0.15) is 5.75 Å². The van der Waals surface area contributed by atoms with Gasteiger partial charge in [0.15, 0.2) is 5.78 Å². The molecule has 0 bridgehead atoms. The van der Waals surface area contributed by atoms with Crippen molar-refractivity contribution in [3.05, 3.63) is 144 Å². The van der Waals surface area contributed by atoms with E-state index in [2.05, 4.69) is 113 Å². The Bertz CT molecular complexity index is 1420. The van der Waals surface area contributed by atoms with Crippen molar-refractivity contribution >= 4 is 11.9 Å². The van der Waals surface area contributed by atoms with Gasteiger partial charge in [-0.3, -0.25) is 4.79 Å². The van der Waals surface area contributed by atoms with Gasteiger partial charge in [0, 0.05) is 6.42 Å². The van der Waals surface area contributed by atoms with Gasteiger partial charge in [0.05, 0.1) is 6.61 Å². The summed E-state index contributed by atoms with van der Waals surface area (Å²) in [5, 5.41) is 0. The molecule has 0 aliphatic rings.